The third-order valence-corrected chi connectivity index (χ3v) is 4.08. The van der Waals surface area contributed by atoms with Crippen LogP contribution >= 0.6 is 43.5 Å². The van der Waals surface area contributed by atoms with Crippen LogP contribution in [0.3, 0.4) is 0 Å². The van der Waals surface area contributed by atoms with Gasteiger partial charge in [-0.1, -0.05) is 56.1 Å². The molecular weight excluding hydrogens is 527 g/mol. The summed E-state index contributed by atoms with van der Waals surface area (Å²) in [6.07, 6.45) is -0.382. The molecule has 6 nitrogen and oxygen atoms in total. The number of ether oxygens (including phenoxy) is 2. The lowest BCUT2D eigenvalue weighted by Gasteiger charge is -2.05. The van der Waals surface area contributed by atoms with Crippen molar-refractivity contribution in [2.75, 3.05) is 13.2 Å². The van der Waals surface area contributed by atoms with Crippen LogP contribution in [0.1, 0.15) is 25.0 Å². The van der Waals surface area contributed by atoms with Crippen molar-refractivity contribution in [2.24, 2.45) is 5.73 Å². The maximum Gasteiger partial charge on any atom is 0.407 e. The maximum atomic E-state index is 11.0. The number of benzene rings is 2. The van der Waals surface area contributed by atoms with E-state index in [2.05, 4.69) is 41.9 Å². The van der Waals surface area contributed by atoms with E-state index in [9.17, 15) is 9.59 Å². The fourth-order valence-corrected chi connectivity index (χ4v) is 2.78. The van der Waals surface area contributed by atoms with Crippen molar-refractivity contribution in [1.29, 1.82) is 0 Å². The van der Waals surface area contributed by atoms with E-state index in [1.807, 2.05) is 48.5 Å². The van der Waals surface area contributed by atoms with Crippen molar-refractivity contribution >= 4 is 55.0 Å². The monoisotopic (exact) mass is 550 g/mol. The van der Waals surface area contributed by atoms with Gasteiger partial charge in [-0.2, -0.15) is 0 Å². The average molecular weight is 553 g/mol. The Kier molecular flexibility index (Phi) is 16.3. The van der Waals surface area contributed by atoms with Crippen LogP contribution in [0.15, 0.2) is 57.5 Å². The van der Waals surface area contributed by atoms with E-state index < -0.39 is 5.43 Å². The third kappa shape index (κ3) is 15.9. The van der Waals surface area contributed by atoms with Crippen LogP contribution in [-0.4, -0.2) is 24.7 Å². The Labute approximate surface area is 193 Å². The third-order valence-electron chi connectivity index (χ3n) is 2.98. The second-order valence-electron chi connectivity index (χ2n) is 5.21. The van der Waals surface area contributed by atoms with E-state index in [1.54, 1.807) is 13.8 Å². The maximum absolute atomic E-state index is 11.0. The normalized spacial score (nSPS) is 9.17. The van der Waals surface area contributed by atoms with Gasteiger partial charge in [-0.3, -0.25) is 0 Å². The Morgan fingerprint density at radius 1 is 0.966 bits per heavy atom. The summed E-state index contributed by atoms with van der Waals surface area (Å²) in [5.74, 6) is 0. The van der Waals surface area contributed by atoms with Gasteiger partial charge in [0.1, 0.15) is 0 Å². The van der Waals surface area contributed by atoms with Gasteiger partial charge in [0.05, 0.1) is 13.2 Å². The van der Waals surface area contributed by atoms with Gasteiger partial charge in [0.15, 0.2) is 0 Å². The second-order valence-corrected chi connectivity index (χ2v) is 7.35. The molecule has 0 aromatic heterocycles. The molecule has 0 unspecified atom stereocenters. The Morgan fingerprint density at radius 3 is 1.86 bits per heavy atom. The number of hydrogen-bond donors (Lipinski definition) is 2. The molecule has 0 radical (unpaired) electrons. The molecule has 3 N–H and O–H groups in total. The lowest BCUT2D eigenvalue weighted by atomic mass is 10.2. The first-order valence-electron chi connectivity index (χ1n) is 8.74. The van der Waals surface area contributed by atoms with Crippen LogP contribution in [0.25, 0.3) is 0 Å². The van der Waals surface area contributed by atoms with Crippen molar-refractivity contribution in [3.8, 4) is 0 Å². The number of rotatable bonds is 5. The molecule has 0 fully saturated rings. The van der Waals surface area contributed by atoms with Gasteiger partial charge < -0.3 is 20.5 Å². The fraction of sp³-hybridized carbons (Fsp3) is 0.300. The van der Waals surface area contributed by atoms with Crippen molar-refractivity contribution in [3.63, 3.8) is 0 Å². The number of nitrogens with two attached hydrogens (primary N) is 1. The zero-order valence-electron chi connectivity index (χ0n) is 16.3. The molecule has 1 amide bonds. The number of nitrogens with one attached hydrogen (secondary N) is 1. The summed E-state index contributed by atoms with van der Waals surface area (Å²) in [5.41, 5.74) is 6.85. The Morgan fingerprint density at radius 2 is 1.48 bits per heavy atom. The highest BCUT2D eigenvalue weighted by atomic mass is 79.9. The fourth-order valence-electron chi connectivity index (χ4n) is 1.78. The van der Waals surface area contributed by atoms with E-state index in [0.29, 0.717) is 26.3 Å². The molecule has 160 valence electrons. The molecule has 0 aliphatic heterocycles. The zero-order valence-corrected chi connectivity index (χ0v) is 20.2. The highest BCUT2D eigenvalue weighted by molar-refractivity contribution is 9.10. The van der Waals surface area contributed by atoms with Crippen LogP contribution in [0, 0.1) is 0 Å². The number of alkyl carbamates (subject to hydrolysis) is 1. The molecule has 0 spiro atoms. The van der Waals surface area contributed by atoms with Gasteiger partial charge in [-0.25, -0.2) is 9.59 Å². The van der Waals surface area contributed by atoms with Crippen LogP contribution < -0.4 is 11.1 Å². The van der Waals surface area contributed by atoms with E-state index >= 15 is 0 Å². The second kappa shape index (κ2) is 17.3. The van der Waals surface area contributed by atoms with Crippen LogP contribution in [0.5, 0.6) is 0 Å². The minimum absolute atomic E-state index is 0.350. The molecule has 0 saturated heterocycles. The molecule has 0 heterocycles. The summed E-state index contributed by atoms with van der Waals surface area (Å²) in [7, 11) is 0. The Balaban J connectivity index is 0.000000448. The van der Waals surface area contributed by atoms with Crippen LogP contribution in [0.2, 0.25) is 0 Å². The van der Waals surface area contributed by atoms with E-state index in [-0.39, 0.29) is 6.09 Å². The molecule has 2 aromatic carbocycles. The summed E-state index contributed by atoms with van der Waals surface area (Å²) < 4.78 is 11.0. The quantitative estimate of drug-likeness (QED) is 0.445. The minimum Gasteiger partial charge on any atom is -0.454 e. The molecular formula is C20H25Br2ClN2O4. The largest absolute Gasteiger partial charge is 0.454 e. The molecule has 0 bridgehead atoms. The summed E-state index contributed by atoms with van der Waals surface area (Å²) in [4.78, 5) is 20.5. The smallest absolute Gasteiger partial charge is 0.407 e. The topological polar surface area (TPSA) is 90.6 Å². The predicted octanol–water partition coefficient (Wildman–Crippen LogP) is 5.98. The first kappa shape index (κ1) is 27.4. The summed E-state index contributed by atoms with van der Waals surface area (Å²) >= 11 is 11.4. The number of hydrogen-bond acceptors (Lipinski definition) is 5. The molecule has 0 saturated carbocycles. The highest BCUT2D eigenvalue weighted by Gasteiger charge is 1.99. The van der Waals surface area contributed by atoms with Crippen molar-refractivity contribution in [2.45, 2.75) is 26.9 Å². The van der Waals surface area contributed by atoms with Crippen LogP contribution in [0.4, 0.5) is 9.59 Å². The molecule has 2 rings (SSSR count). The van der Waals surface area contributed by atoms with Crippen LogP contribution in [-0.2, 0) is 22.6 Å². The standard InChI is InChI=1S/C10H12BrNO2.C7H8BrN.C3H5ClO2/c1-2-14-10(13)12-7-8-4-3-5-9(11)6-8;8-7-3-1-2-6(4-7)5-9;1-2-6-3(4)5/h3-6H,2,7H2,1H3,(H,12,13);1-4H,5,9H2;2H2,1H3. The zero-order chi connectivity index (χ0) is 22.1. The summed E-state index contributed by atoms with van der Waals surface area (Å²) in [5, 5.41) is 2.65. The molecule has 0 atom stereocenters. The lowest BCUT2D eigenvalue weighted by Crippen LogP contribution is -2.23. The first-order chi connectivity index (χ1) is 13.8. The van der Waals surface area contributed by atoms with E-state index in [0.717, 1.165) is 20.1 Å². The molecule has 9 heteroatoms. The van der Waals surface area contributed by atoms with E-state index in [4.69, 9.17) is 22.1 Å². The van der Waals surface area contributed by atoms with Gasteiger partial charge in [0.2, 0.25) is 0 Å². The Hall–Kier alpha value is -1.61. The first-order valence-corrected chi connectivity index (χ1v) is 10.7. The van der Waals surface area contributed by atoms with Crippen molar-refractivity contribution < 1.29 is 19.1 Å². The number of carbonyl (C=O) groups is 2. The molecule has 0 aliphatic carbocycles. The summed E-state index contributed by atoms with van der Waals surface area (Å²) in [6.45, 7) is 5.31. The molecule has 0 aliphatic rings. The van der Waals surface area contributed by atoms with E-state index in [1.165, 1.54) is 0 Å². The predicted molar refractivity (Wildman–Crippen MR) is 123 cm³/mol. The Bertz CT molecular complexity index is 748. The van der Waals surface area contributed by atoms with Gasteiger partial charge in [0.25, 0.3) is 0 Å². The van der Waals surface area contributed by atoms with Gasteiger partial charge in [0, 0.05) is 33.6 Å². The summed E-state index contributed by atoms with van der Waals surface area (Å²) in [6, 6.07) is 15.7. The van der Waals surface area contributed by atoms with Crippen molar-refractivity contribution in [3.05, 3.63) is 68.6 Å². The number of halogens is 3. The SMILES string of the molecule is CCOC(=O)Cl.CCOC(=O)NCc1cccc(Br)c1.NCc1cccc(Br)c1. The molecule has 29 heavy (non-hydrogen) atoms. The molecule has 2 aromatic rings. The highest BCUT2D eigenvalue weighted by Crippen LogP contribution is 2.11. The lowest BCUT2D eigenvalue weighted by molar-refractivity contribution is 0.151. The average Bonchev–Trinajstić information content (AvgIpc) is 2.67. The van der Waals surface area contributed by atoms with Gasteiger partial charge in [-0.05, 0) is 49.2 Å². The van der Waals surface area contributed by atoms with Gasteiger partial charge in [-0.15, -0.1) is 0 Å². The number of carbonyl (C=O) groups excluding carboxylic acids is 2. The minimum atomic E-state index is -0.738. The van der Waals surface area contributed by atoms with Gasteiger partial charge >= 0.3 is 11.5 Å². The van der Waals surface area contributed by atoms with Crippen molar-refractivity contribution in [1.82, 2.24) is 5.32 Å². The number of amides is 1.